The topological polar surface area (TPSA) is 29.5 Å². The van der Waals surface area contributed by atoms with Gasteiger partial charge in [-0.05, 0) is 6.42 Å². The molecule has 0 N–H and O–H groups in total. The minimum Gasteiger partial charge on any atom is -0.449 e. The van der Waals surface area contributed by atoms with Crippen molar-refractivity contribution in [3.63, 3.8) is 0 Å². The van der Waals surface area contributed by atoms with Crippen LogP contribution in [0.15, 0.2) is 0 Å². The molecule has 0 aromatic rings. The van der Waals surface area contributed by atoms with Crippen molar-refractivity contribution in [2.75, 3.05) is 19.7 Å². The van der Waals surface area contributed by atoms with Gasteiger partial charge in [0, 0.05) is 0 Å². The summed E-state index contributed by atoms with van der Waals surface area (Å²) < 4.78 is 17.1. The molecule has 0 unspecified atom stereocenters. The zero-order valence-corrected chi connectivity index (χ0v) is 7.25. The number of hydrogen-bond acceptors (Lipinski definition) is 2. The van der Waals surface area contributed by atoms with Crippen LogP contribution in [0.2, 0.25) is 0 Å². The molecule has 0 saturated carbocycles. The summed E-state index contributed by atoms with van der Waals surface area (Å²) in [6.45, 7) is 2.87. The molecular formula is C8H14FNO2. The van der Waals surface area contributed by atoms with E-state index in [-0.39, 0.29) is 19.2 Å². The van der Waals surface area contributed by atoms with Crippen molar-refractivity contribution in [3.8, 4) is 0 Å². The maximum atomic E-state index is 12.3. The first kappa shape index (κ1) is 9.29. The third kappa shape index (κ3) is 2.36. The molecule has 0 aromatic carbocycles. The second-order valence-corrected chi connectivity index (χ2v) is 2.97. The van der Waals surface area contributed by atoms with E-state index in [9.17, 15) is 9.18 Å². The molecule has 0 bridgehead atoms. The highest BCUT2D eigenvalue weighted by Crippen LogP contribution is 2.12. The van der Waals surface area contributed by atoms with Gasteiger partial charge in [0.05, 0.1) is 19.7 Å². The lowest BCUT2D eigenvalue weighted by atomic mass is 10.2. The number of alkyl halides is 1. The molecule has 1 amide bonds. The quantitative estimate of drug-likeness (QED) is 0.609. The van der Waals surface area contributed by atoms with Gasteiger partial charge in [0.1, 0.15) is 6.17 Å². The van der Waals surface area contributed by atoms with E-state index in [1.165, 1.54) is 4.90 Å². The largest absolute Gasteiger partial charge is 0.449 e. The molecule has 1 rings (SSSR count). The third-order valence-corrected chi connectivity index (χ3v) is 1.82. The Kier molecular flexibility index (Phi) is 3.31. The summed E-state index contributed by atoms with van der Waals surface area (Å²) in [4.78, 5) is 12.4. The second kappa shape index (κ2) is 4.28. The molecule has 4 heteroatoms. The van der Waals surface area contributed by atoms with Crippen LogP contribution in [-0.4, -0.2) is 36.9 Å². The van der Waals surface area contributed by atoms with E-state index in [4.69, 9.17) is 4.74 Å². The van der Waals surface area contributed by atoms with Gasteiger partial charge in [0.15, 0.2) is 0 Å². The molecule has 0 atom stereocenters. The summed E-state index contributed by atoms with van der Waals surface area (Å²) in [7, 11) is 0. The Morgan fingerprint density at radius 2 is 2.33 bits per heavy atom. The molecule has 12 heavy (non-hydrogen) atoms. The minimum absolute atomic E-state index is 0.199. The molecule has 1 saturated heterocycles. The molecule has 0 spiro atoms. The predicted octanol–water partition coefficient (Wildman–Crippen LogP) is 1.58. The molecule has 1 aliphatic heterocycles. The van der Waals surface area contributed by atoms with Gasteiger partial charge in [-0.3, -0.25) is 0 Å². The Morgan fingerprint density at radius 3 is 2.83 bits per heavy atom. The number of amides is 1. The lowest BCUT2D eigenvalue weighted by Crippen LogP contribution is -2.51. The van der Waals surface area contributed by atoms with Crippen LogP contribution in [0.4, 0.5) is 9.18 Å². The standard InChI is InChI=1S/C8H14FNO2/c1-2-3-4-12-8(11)10-5-7(9)6-10/h7H,2-6H2,1H3. The Hall–Kier alpha value is -0.800. The van der Waals surface area contributed by atoms with E-state index in [1.807, 2.05) is 6.92 Å². The van der Waals surface area contributed by atoms with E-state index in [0.717, 1.165) is 12.8 Å². The molecule has 1 fully saturated rings. The van der Waals surface area contributed by atoms with Crippen LogP contribution >= 0.6 is 0 Å². The SMILES string of the molecule is CCCCOC(=O)N1CC(F)C1. The lowest BCUT2D eigenvalue weighted by Gasteiger charge is -2.33. The lowest BCUT2D eigenvalue weighted by molar-refractivity contribution is 0.0383. The molecule has 70 valence electrons. The first-order chi connectivity index (χ1) is 5.74. The number of unbranched alkanes of at least 4 members (excludes halogenated alkanes) is 1. The fourth-order valence-corrected chi connectivity index (χ4v) is 0.969. The van der Waals surface area contributed by atoms with E-state index >= 15 is 0 Å². The first-order valence-electron chi connectivity index (χ1n) is 4.29. The number of carbonyl (C=O) groups excluding carboxylic acids is 1. The zero-order chi connectivity index (χ0) is 8.97. The Balaban J connectivity index is 2.04. The van der Waals surface area contributed by atoms with Crippen LogP contribution in [0.25, 0.3) is 0 Å². The average molecular weight is 175 g/mol. The number of hydrogen-bond donors (Lipinski definition) is 0. The highest BCUT2D eigenvalue weighted by atomic mass is 19.1. The highest BCUT2D eigenvalue weighted by Gasteiger charge is 2.31. The number of carbonyl (C=O) groups is 1. The normalized spacial score (nSPS) is 17.3. The number of nitrogens with zero attached hydrogens (tertiary/aromatic N) is 1. The van der Waals surface area contributed by atoms with Gasteiger partial charge in [0.2, 0.25) is 0 Å². The molecule has 3 nitrogen and oxygen atoms in total. The Bertz CT molecular complexity index is 157. The van der Waals surface area contributed by atoms with Gasteiger partial charge in [-0.2, -0.15) is 0 Å². The average Bonchev–Trinajstić information content (AvgIpc) is 1.99. The fraction of sp³-hybridized carbons (Fsp3) is 0.875. The van der Waals surface area contributed by atoms with Crippen LogP contribution in [0, 0.1) is 0 Å². The van der Waals surface area contributed by atoms with E-state index in [1.54, 1.807) is 0 Å². The fourth-order valence-electron chi connectivity index (χ4n) is 0.969. The van der Waals surface area contributed by atoms with Crippen LogP contribution in [-0.2, 0) is 4.74 Å². The molecule has 1 aliphatic rings. The molecular weight excluding hydrogens is 161 g/mol. The number of ether oxygens (including phenoxy) is 1. The molecule has 1 heterocycles. The van der Waals surface area contributed by atoms with Crippen LogP contribution in [0.3, 0.4) is 0 Å². The van der Waals surface area contributed by atoms with Crippen molar-refractivity contribution in [1.82, 2.24) is 4.90 Å². The van der Waals surface area contributed by atoms with Gasteiger partial charge < -0.3 is 9.64 Å². The van der Waals surface area contributed by atoms with Gasteiger partial charge in [-0.15, -0.1) is 0 Å². The third-order valence-electron chi connectivity index (χ3n) is 1.82. The van der Waals surface area contributed by atoms with Crippen molar-refractivity contribution in [2.45, 2.75) is 25.9 Å². The molecule has 0 aromatic heterocycles. The maximum Gasteiger partial charge on any atom is 0.409 e. The summed E-state index contributed by atoms with van der Waals surface area (Å²) in [6.07, 6.45) is 0.651. The molecule has 0 radical (unpaired) electrons. The predicted molar refractivity (Wildman–Crippen MR) is 42.7 cm³/mol. The van der Waals surface area contributed by atoms with Crippen molar-refractivity contribution in [1.29, 1.82) is 0 Å². The maximum absolute atomic E-state index is 12.3. The molecule has 0 aliphatic carbocycles. The number of halogens is 1. The van der Waals surface area contributed by atoms with E-state index in [0.29, 0.717) is 6.61 Å². The van der Waals surface area contributed by atoms with Crippen molar-refractivity contribution in [3.05, 3.63) is 0 Å². The van der Waals surface area contributed by atoms with E-state index in [2.05, 4.69) is 0 Å². The monoisotopic (exact) mass is 175 g/mol. The van der Waals surface area contributed by atoms with Crippen molar-refractivity contribution in [2.24, 2.45) is 0 Å². The van der Waals surface area contributed by atoms with Crippen molar-refractivity contribution >= 4 is 6.09 Å². The first-order valence-corrected chi connectivity index (χ1v) is 4.29. The van der Waals surface area contributed by atoms with Crippen LogP contribution < -0.4 is 0 Å². The van der Waals surface area contributed by atoms with Crippen LogP contribution in [0.5, 0.6) is 0 Å². The second-order valence-electron chi connectivity index (χ2n) is 2.97. The summed E-state index contributed by atoms with van der Waals surface area (Å²) in [5.41, 5.74) is 0. The highest BCUT2D eigenvalue weighted by molar-refractivity contribution is 5.68. The summed E-state index contributed by atoms with van der Waals surface area (Å²) in [5.74, 6) is 0. The Morgan fingerprint density at radius 1 is 1.67 bits per heavy atom. The smallest absolute Gasteiger partial charge is 0.409 e. The minimum atomic E-state index is -0.844. The Labute approximate surface area is 71.5 Å². The van der Waals surface area contributed by atoms with Crippen molar-refractivity contribution < 1.29 is 13.9 Å². The van der Waals surface area contributed by atoms with Gasteiger partial charge in [-0.25, -0.2) is 9.18 Å². The van der Waals surface area contributed by atoms with Crippen LogP contribution in [0.1, 0.15) is 19.8 Å². The van der Waals surface area contributed by atoms with E-state index < -0.39 is 6.17 Å². The van der Waals surface area contributed by atoms with Gasteiger partial charge in [0.25, 0.3) is 0 Å². The number of likely N-dealkylation sites (tertiary alicyclic amines) is 1. The summed E-state index contributed by atoms with van der Waals surface area (Å²) >= 11 is 0. The summed E-state index contributed by atoms with van der Waals surface area (Å²) in [6, 6.07) is 0. The summed E-state index contributed by atoms with van der Waals surface area (Å²) in [5, 5.41) is 0. The zero-order valence-electron chi connectivity index (χ0n) is 7.25. The number of rotatable bonds is 3. The van der Waals surface area contributed by atoms with Gasteiger partial charge >= 0.3 is 6.09 Å². The van der Waals surface area contributed by atoms with Gasteiger partial charge in [-0.1, -0.05) is 13.3 Å².